The number of aromatic nitrogens is 2. The van der Waals surface area contributed by atoms with Gasteiger partial charge >= 0.3 is 0 Å². The van der Waals surface area contributed by atoms with Crippen molar-refractivity contribution in [2.75, 3.05) is 11.1 Å². The first-order chi connectivity index (χ1) is 14.7. The minimum atomic E-state index is -3.82. The molecule has 0 aliphatic rings. The Kier molecular flexibility index (Phi) is 8.11. The Morgan fingerprint density at radius 2 is 1.77 bits per heavy atom. The SMILES string of the molecule is CC(C)c1ccc(CSc2nnc(SCC(=O)Nc3cccc(S(N)(=O)=O)c3)s2)cc1. The number of thioether (sulfide) groups is 2. The van der Waals surface area contributed by atoms with Crippen LogP contribution in [0.4, 0.5) is 5.69 Å². The summed E-state index contributed by atoms with van der Waals surface area (Å²) in [5.74, 6) is 1.18. The molecule has 1 heterocycles. The van der Waals surface area contributed by atoms with Crippen molar-refractivity contribution in [2.45, 2.75) is 39.1 Å². The highest BCUT2D eigenvalue weighted by molar-refractivity contribution is 8.03. The molecule has 3 rings (SSSR count). The number of nitrogens with two attached hydrogens (primary N) is 1. The molecule has 3 N–H and O–H groups in total. The average Bonchev–Trinajstić information content (AvgIpc) is 3.18. The molecular weight excluding hydrogens is 473 g/mol. The van der Waals surface area contributed by atoms with Crippen LogP contribution >= 0.6 is 34.9 Å². The predicted octanol–water partition coefficient (Wildman–Crippen LogP) is 4.33. The van der Waals surface area contributed by atoms with Gasteiger partial charge in [0.15, 0.2) is 8.68 Å². The van der Waals surface area contributed by atoms with Crippen LogP contribution in [0.1, 0.15) is 30.9 Å². The monoisotopic (exact) mass is 494 g/mol. The Morgan fingerprint density at radius 3 is 2.42 bits per heavy atom. The van der Waals surface area contributed by atoms with Crippen LogP contribution in [-0.2, 0) is 20.6 Å². The summed E-state index contributed by atoms with van der Waals surface area (Å²) in [6.07, 6.45) is 0. The van der Waals surface area contributed by atoms with Crippen molar-refractivity contribution in [3.63, 3.8) is 0 Å². The van der Waals surface area contributed by atoms with Crippen molar-refractivity contribution >= 4 is 56.5 Å². The molecule has 0 aliphatic heterocycles. The van der Waals surface area contributed by atoms with E-state index in [1.165, 1.54) is 52.4 Å². The maximum absolute atomic E-state index is 12.2. The number of nitrogens with zero attached hydrogens (tertiary/aromatic N) is 2. The van der Waals surface area contributed by atoms with Crippen LogP contribution in [0.5, 0.6) is 0 Å². The van der Waals surface area contributed by atoms with E-state index in [2.05, 4.69) is 53.6 Å². The predicted molar refractivity (Wildman–Crippen MR) is 127 cm³/mol. The molecule has 0 unspecified atom stereocenters. The Morgan fingerprint density at radius 1 is 1.10 bits per heavy atom. The standard InChI is InChI=1S/C20H22N4O3S4/c1-13(2)15-8-6-14(7-9-15)11-28-19-23-24-20(30-19)29-12-18(25)22-16-4-3-5-17(10-16)31(21,26)27/h3-10,13H,11-12H2,1-2H3,(H,22,25)(H2,21,26,27). The first-order valence-corrected chi connectivity index (χ1v) is 13.6. The number of rotatable bonds is 9. The van der Waals surface area contributed by atoms with Gasteiger partial charge in [-0.1, -0.05) is 79.0 Å². The number of hydrogen-bond donors (Lipinski definition) is 2. The van der Waals surface area contributed by atoms with Gasteiger partial charge in [-0.3, -0.25) is 4.79 Å². The quantitative estimate of drug-likeness (QED) is 0.425. The zero-order valence-corrected chi connectivity index (χ0v) is 20.2. The third-order valence-electron chi connectivity index (χ3n) is 4.17. The largest absolute Gasteiger partial charge is 0.325 e. The topological polar surface area (TPSA) is 115 Å². The molecule has 0 saturated heterocycles. The summed E-state index contributed by atoms with van der Waals surface area (Å²) in [5, 5.41) is 16.1. The van der Waals surface area contributed by atoms with E-state index in [1.54, 1.807) is 17.8 Å². The molecule has 1 amide bonds. The van der Waals surface area contributed by atoms with Gasteiger partial charge in [0.1, 0.15) is 0 Å². The van der Waals surface area contributed by atoms with Crippen LogP contribution in [0.2, 0.25) is 0 Å². The Labute approximate surface area is 194 Å². The van der Waals surface area contributed by atoms with E-state index in [9.17, 15) is 13.2 Å². The second-order valence-corrected chi connectivity index (χ2v) is 11.9. The third-order valence-corrected chi connectivity index (χ3v) is 8.34. The molecule has 1 aromatic heterocycles. The Balaban J connectivity index is 1.48. The maximum Gasteiger partial charge on any atom is 0.238 e. The first-order valence-electron chi connectivity index (χ1n) is 9.31. The van der Waals surface area contributed by atoms with Crippen LogP contribution < -0.4 is 10.5 Å². The van der Waals surface area contributed by atoms with Gasteiger partial charge in [-0.15, -0.1) is 10.2 Å². The van der Waals surface area contributed by atoms with Crippen molar-refractivity contribution in [2.24, 2.45) is 5.14 Å². The van der Waals surface area contributed by atoms with Crippen molar-refractivity contribution in [3.05, 3.63) is 59.7 Å². The molecule has 31 heavy (non-hydrogen) atoms. The zero-order chi connectivity index (χ0) is 22.4. The Bertz CT molecular complexity index is 1150. The van der Waals surface area contributed by atoms with Gasteiger partial charge in [-0.25, -0.2) is 13.6 Å². The molecule has 0 spiro atoms. The van der Waals surface area contributed by atoms with E-state index in [0.717, 1.165) is 10.1 Å². The summed E-state index contributed by atoms with van der Waals surface area (Å²) in [6.45, 7) is 4.35. The molecule has 164 valence electrons. The Hall–Kier alpha value is -1.92. The zero-order valence-electron chi connectivity index (χ0n) is 16.9. The summed E-state index contributed by atoms with van der Waals surface area (Å²) in [4.78, 5) is 12.1. The fourth-order valence-corrected chi connectivity index (χ4v) is 5.87. The molecule has 0 fully saturated rings. The molecule has 0 bridgehead atoms. The van der Waals surface area contributed by atoms with Crippen molar-refractivity contribution in [1.29, 1.82) is 0 Å². The van der Waals surface area contributed by atoms with E-state index >= 15 is 0 Å². The summed E-state index contributed by atoms with van der Waals surface area (Å²) in [5.41, 5.74) is 2.91. The van der Waals surface area contributed by atoms with E-state index in [0.29, 0.717) is 15.9 Å². The number of hydrogen-bond acceptors (Lipinski definition) is 8. The van der Waals surface area contributed by atoms with Crippen molar-refractivity contribution < 1.29 is 13.2 Å². The summed E-state index contributed by atoms with van der Waals surface area (Å²) in [7, 11) is -3.82. The molecule has 2 aromatic carbocycles. The van der Waals surface area contributed by atoms with Gasteiger partial charge in [-0.2, -0.15) is 0 Å². The smallest absolute Gasteiger partial charge is 0.238 e. The minimum absolute atomic E-state index is 0.0532. The number of nitrogens with one attached hydrogen (secondary N) is 1. The van der Waals surface area contributed by atoms with E-state index < -0.39 is 10.0 Å². The third kappa shape index (κ3) is 7.32. The lowest BCUT2D eigenvalue weighted by molar-refractivity contribution is -0.113. The van der Waals surface area contributed by atoms with Gasteiger partial charge < -0.3 is 5.32 Å². The van der Waals surface area contributed by atoms with Gasteiger partial charge in [0.25, 0.3) is 0 Å². The van der Waals surface area contributed by atoms with E-state index in [-0.39, 0.29) is 16.6 Å². The van der Waals surface area contributed by atoms with Gasteiger partial charge in [0, 0.05) is 11.4 Å². The molecule has 3 aromatic rings. The van der Waals surface area contributed by atoms with Crippen molar-refractivity contribution in [1.82, 2.24) is 10.2 Å². The van der Waals surface area contributed by atoms with Crippen LogP contribution in [0.15, 0.2) is 62.1 Å². The molecule has 7 nitrogen and oxygen atoms in total. The number of carbonyl (C=O) groups excluding carboxylic acids is 1. The number of amides is 1. The van der Waals surface area contributed by atoms with E-state index in [4.69, 9.17) is 5.14 Å². The molecule has 11 heteroatoms. The molecular formula is C20H22N4O3S4. The lowest BCUT2D eigenvalue weighted by atomic mass is 10.0. The lowest BCUT2D eigenvalue weighted by Gasteiger charge is -2.06. The summed E-state index contributed by atoms with van der Waals surface area (Å²) in [6, 6.07) is 14.4. The number of benzene rings is 2. The fraction of sp³-hybridized carbons (Fsp3) is 0.250. The van der Waals surface area contributed by atoms with Crippen LogP contribution in [-0.4, -0.2) is 30.3 Å². The molecule has 0 saturated carbocycles. The highest BCUT2D eigenvalue weighted by Crippen LogP contribution is 2.31. The van der Waals surface area contributed by atoms with Crippen LogP contribution in [0.3, 0.4) is 0 Å². The van der Waals surface area contributed by atoms with Gasteiger partial charge in [0.05, 0.1) is 10.6 Å². The maximum atomic E-state index is 12.2. The summed E-state index contributed by atoms with van der Waals surface area (Å²) >= 11 is 4.34. The van der Waals surface area contributed by atoms with Crippen LogP contribution in [0.25, 0.3) is 0 Å². The lowest BCUT2D eigenvalue weighted by Crippen LogP contribution is -2.16. The summed E-state index contributed by atoms with van der Waals surface area (Å²) < 4.78 is 24.4. The number of sulfonamides is 1. The molecule has 0 atom stereocenters. The minimum Gasteiger partial charge on any atom is -0.325 e. The highest BCUT2D eigenvalue weighted by Gasteiger charge is 2.12. The number of carbonyl (C=O) groups is 1. The van der Waals surface area contributed by atoms with Crippen LogP contribution in [0, 0.1) is 0 Å². The number of primary sulfonamides is 1. The van der Waals surface area contributed by atoms with Gasteiger partial charge in [0.2, 0.25) is 15.9 Å². The second-order valence-electron chi connectivity index (χ2n) is 6.93. The molecule has 0 radical (unpaired) electrons. The fourth-order valence-electron chi connectivity index (χ4n) is 2.53. The van der Waals surface area contributed by atoms with E-state index in [1.807, 2.05) is 0 Å². The molecule has 0 aliphatic carbocycles. The first kappa shape index (κ1) is 23.7. The van der Waals surface area contributed by atoms with Gasteiger partial charge in [-0.05, 0) is 35.2 Å². The number of anilines is 1. The highest BCUT2D eigenvalue weighted by atomic mass is 32.2. The van der Waals surface area contributed by atoms with Crippen molar-refractivity contribution in [3.8, 4) is 0 Å². The second kappa shape index (κ2) is 10.6. The average molecular weight is 495 g/mol. The normalized spacial score (nSPS) is 11.6.